The minimum absolute atomic E-state index is 0.0152. The Morgan fingerprint density at radius 1 is 1.33 bits per heavy atom. The molecule has 2 aliphatic heterocycles. The number of ether oxygens (including phenoxy) is 2. The summed E-state index contributed by atoms with van der Waals surface area (Å²) in [5, 5.41) is 21.5. The first-order valence-corrected chi connectivity index (χ1v) is 11.0. The monoisotopic (exact) mass is 475 g/mol. The average Bonchev–Trinajstić information content (AvgIpc) is 2.70. The van der Waals surface area contributed by atoms with Crippen LogP contribution < -0.4 is 9.47 Å². The minimum atomic E-state index is -0.599. The van der Waals surface area contributed by atoms with Gasteiger partial charge < -0.3 is 24.6 Å². The van der Waals surface area contributed by atoms with Crippen molar-refractivity contribution in [1.29, 1.82) is 0 Å². The Labute approximate surface area is 184 Å². The van der Waals surface area contributed by atoms with Gasteiger partial charge in [-0.2, -0.15) is 0 Å². The molecule has 2 heterocycles. The molecule has 160 valence electrons. The first-order chi connectivity index (χ1) is 14.3. The number of hydrogen-bond donors (Lipinski definition) is 2. The summed E-state index contributed by atoms with van der Waals surface area (Å²) < 4.78 is 13.1. The number of ketones is 1. The summed E-state index contributed by atoms with van der Waals surface area (Å²) in [6, 6.07) is 9.34. The van der Waals surface area contributed by atoms with Crippen molar-refractivity contribution in [1.82, 2.24) is 4.90 Å². The summed E-state index contributed by atoms with van der Waals surface area (Å²) in [6.45, 7) is 3.38. The number of likely N-dealkylation sites (N-methyl/N-ethyl adjacent to an activating group) is 1. The number of nitrogens with zero attached hydrogens (tertiary/aromatic N) is 1. The quantitative estimate of drug-likeness (QED) is 0.705. The number of piperidine rings is 1. The number of halogens is 1. The van der Waals surface area contributed by atoms with E-state index in [9.17, 15) is 15.0 Å². The Bertz CT molecular complexity index is 963. The van der Waals surface area contributed by atoms with Crippen LogP contribution in [0.25, 0.3) is 0 Å². The number of aliphatic hydroxyl groups excluding tert-OH is 1. The molecule has 3 unspecified atom stereocenters. The molecule has 2 aromatic rings. The Morgan fingerprint density at radius 2 is 2.10 bits per heavy atom. The SMILES string of the molecule is CC1Oc2c(c(O)cc(OCc3ccccc3Br)c2C2CCN(C)CC2O)CC1=O. The molecule has 4 rings (SSSR count). The van der Waals surface area contributed by atoms with Gasteiger partial charge in [0.15, 0.2) is 11.9 Å². The van der Waals surface area contributed by atoms with Gasteiger partial charge >= 0.3 is 0 Å². The third-order valence-corrected chi connectivity index (χ3v) is 6.73. The molecule has 1 saturated heterocycles. The summed E-state index contributed by atoms with van der Waals surface area (Å²) >= 11 is 3.53. The number of carbonyl (C=O) groups excluding carboxylic acids is 1. The molecule has 0 aliphatic carbocycles. The lowest BCUT2D eigenvalue weighted by Crippen LogP contribution is -2.41. The van der Waals surface area contributed by atoms with Crippen molar-refractivity contribution in [2.45, 2.75) is 44.5 Å². The van der Waals surface area contributed by atoms with Gasteiger partial charge in [-0.1, -0.05) is 34.1 Å². The maximum Gasteiger partial charge on any atom is 0.177 e. The predicted molar refractivity (Wildman–Crippen MR) is 116 cm³/mol. The van der Waals surface area contributed by atoms with Crippen LogP contribution in [0.4, 0.5) is 0 Å². The van der Waals surface area contributed by atoms with E-state index in [1.807, 2.05) is 31.3 Å². The van der Waals surface area contributed by atoms with Gasteiger partial charge in [-0.3, -0.25) is 4.79 Å². The second kappa shape index (κ2) is 8.57. The highest BCUT2D eigenvalue weighted by molar-refractivity contribution is 9.10. The van der Waals surface area contributed by atoms with Crippen LogP contribution in [0.3, 0.4) is 0 Å². The van der Waals surface area contributed by atoms with E-state index in [4.69, 9.17) is 9.47 Å². The largest absolute Gasteiger partial charge is 0.507 e. The Morgan fingerprint density at radius 3 is 2.83 bits per heavy atom. The standard InChI is InChI=1S/C23H26BrNO5/c1-13-18(26)9-16-19(27)10-21(29-12-14-5-3-4-6-17(14)24)22(23(16)30-13)15-7-8-25(2)11-20(15)28/h3-6,10,13,15,20,27-28H,7-9,11-12H2,1-2H3. The molecule has 3 atom stereocenters. The highest BCUT2D eigenvalue weighted by Crippen LogP contribution is 2.48. The summed E-state index contributed by atoms with van der Waals surface area (Å²) in [6.07, 6.45) is -0.355. The van der Waals surface area contributed by atoms with Crippen molar-refractivity contribution in [3.8, 4) is 17.2 Å². The number of phenols is 1. The molecule has 0 amide bonds. The van der Waals surface area contributed by atoms with Crippen molar-refractivity contribution in [2.75, 3.05) is 20.1 Å². The molecular formula is C23H26BrNO5. The number of likely N-dealkylation sites (tertiary alicyclic amines) is 1. The van der Waals surface area contributed by atoms with Gasteiger partial charge in [-0.25, -0.2) is 0 Å². The van der Waals surface area contributed by atoms with E-state index in [1.165, 1.54) is 0 Å². The van der Waals surface area contributed by atoms with Gasteiger partial charge in [0, 0.05) is 46.1 Å². The molecule has 30 heavy (non-hydrogen) atoms. The lowest BCUT2D eigenvalue weighted by molar-refractivity contribution is -0.125. The molecule has 0 radical (unpaired) electrons. The normalized spacial score (nSPS) is 24.3. The van der Waals surface area contributed by atoms with Crippen LogP contribution in [0.1, 0.15) is 36.0 Å². The van der Waals surface area contributed by atoms with E-state index in [2.05, 4.69) is 20.8 Å². The second-order valence-electron chi connectivity index (χ2n) is 8.12. The zero-order valence-corrected chi connectivity index (χ0v) is 18.7. The third kappa shape index (κ3) is 4.06. The van der Waals surface area contributed by atoms with E-state index in [0.29, 0.717) is 30.2 Å². The Balaban J connectivity index is 1.76. The topological polar surface area (TPSA) is 79.2 Å². The summed E-state index contributed by atoms with van der Waals surface area (Å²) in [5.74, 6) is 0.674. The van der Waals surface area contributed by atoms with E-state index in [1.54, 1.807) is 13.0 Å². The summed E-state index contributed by atoms with van der Waals surface area (Å²) in [7, 11) is 1.98. The molecule has 0 aromatic heterocycles. The number of aromatic hydroxyl groups is 1. The van der Waals surface area contributed by atoms with Crippen LogP contribution >= 0.6 is 15.9 Å². The number of fused-ring (bicyclic) bond motifs is 1. The molecule has 2 aliphatic rings. The van der Waals surface area contributed by atoms with Crippen LogP contribution in [-0.4, -0.2) is 53.2 Å². The summed E-state index contributed by atoms with van der Waals surface area (Å²) in [5.41, 5.74) is 2.19. The number of benzene rings is 2. The first kappa shape index (κ1) is 21.2. The van der Waals surface area contributed by atoms with Crippen molar-refractivity contribution < 1.29 is 24.5 Å². The number of β-amino-alcohol motifs (C(OH)–C–C–N with tert-alkyl or cyclic N) is 1. The van der Waals surface area contributed by atoms with Crippen LogP contribution in [0.2, 0.25) is 0 Å². The van der Waals surface area contributed by atoms with Crippen LogP contribution in [0, 0.1) is 0 Å². The number of Topliss-reactive ketones (excluding diaryl/α,β-unsaturated/α-hetero) is 1. The second-order valence-corrected chi connectivity index (χ2v) is 8.98. The highest BCUT2D eigenvalue weighted by Gasteiger charge is 2.37. The smallest absolute Gasteiger partial charge is 0.177 e. The van der Waals surface area contributed by atoms with Crippen molar-refractivity contribution in [3.05, 3.63) is 51.5 Å². The van der Waals surface area contributed by atoms with Gasteiger partial charge in [0.1, 0.15) is 23.9 Å². The van der Waals surface area contributed by atoms with Gasteiger partial charge in [0.05, 0.1) is 6.10 Å². The van der Waals surface area contributed by atoms with Gasteiger partial charge in [0.2, 0.25) is 0 Å². The fraction of sp³-hybridized carbons (Fsp3) is 0.435. The van der Waals surface area contributed by atoms with E-state index < -0.39 is 12.2 Å². The Hall–Kier alpha value is -2.09. The van der Waals surface area contributed by atoms with Gasteiger partial charge in [0.25, 0.3) is 0 Å². The summed E-state index contributed by atoms with van der Waals surface area (Å²) in [4.78, 5) is 14.3. The van der Waals surface area contributed by atoms with Crippen molar-refractivity contribution >= 4 is 21.7 Å². The van der Waals surface area contributed by atoms with Gasteiger partial charge in [-0.05, 0) is 33.0 Å². The zero-order valence-electron chi connectivity index (χ0n) is 17.1. The average molecular weight is 476 g/mol. The molecule has 0 saturated carbocycles. The molecule has 6 nitrogen and oxygen atoms in total. The van der Waals surface area contributed by atoms with E-state index in [0.717, 1.165) is 28.6 Å². The van der Waals surface area contributed by atoms with Crippen LogP contribution in [0.5, 0.6) is 17.2 Å². The molecular weight excluding hydrogens is 450 g/mol. The number of aliphatic hydroxyl groups is 1. The molecule has 0 bridgehead atoms. The molecule has 1 fully saturated rings. The van der Waals surface area contributed by atoms with Crippen molar-refractivity contribution in [2.24, 2.45) is 0 Å². The van der Waals surface area contributed by atoms with Gasteiger partial charge in [-0.15, -0.1) is 0 Å². The van der Waals surface area contributed by atoms with Crippen molar-refractivity contribution in [3.63, 3.8) is 0 Å². The molecule has 0 spiro atoms. The minimum Gasteiger partial charge on any atom is -0.507 e. The Kier molecular flexibility index (Phi) is 6.04. The van der Waals surface area contributed by atoms with Crippen LogP contribution in [-0.2, 0) is 17.8 Å². The van der Waals surface area contributed by atoms with Crippen LogP contribution in [0.15, 0.2) is 34.8 Å². The third-order valence-electron chi connectivity index (χ3n) is 5.96. The first-order valence-electron chi connectivity index (χ1n) is 10.2. The fourth-order valence-corrected chi connectivity index (χ4v) is 4.61. The van der Waals surface area contributed by atoms with E-state index >= 15 is 0 Å². The fourth-order valence-electron chi connectivity index (χ4n) is 4.21. The predicted octanol–water partition coefficient (Wildman–Crippen LogP) is 3.41. The highest BCUT2D eigenvalue weighted by atomic mass is 79.9. The maximum atomic E-state index is 12.2. The maximum absolute atomic E-state index is 12.2. The lowest BCUT2D eigenvalue weighted by atomic mass is 9.83. The van der Waals surface area contributed by atoms with E-state index in [-0.39, 0.29) is 23.9 Å². The number of phenolic OH excluding ortho intramolecular Hbond substituents is 1. The number of rotatable bonds is 4. The lowest BCUT2D eigenvalue weighted by Gasteiger charge is -2.37. The number of carbonyl (C=O) groups is 1. The zero-order chi connectivity index (χ0) is 21.4. The molecule has 2 aromatic carbocycles. The number of hydrogen-bond acceptors (Lipinski definition) is 6. The molecule has 7 heteroatoms. The molecule has 2 N–H and O–H groups in total.